The van der Waals surface area contributed by atoms with E-state index in [1.807, 2.05) is 18.7 Å². The number of thioether (sulfide) groups is 1. The summed E-state index contributed by atoms with van der Waals surface area (Å²) in [7, 11) is 0. The van der Waals surface area contributed by atoms with Crippen LogP contribution in [0.25, 0.3) is 0 Å². The van der Waals surface area contributed by atoms with E-state index in [1.54, 1.807) is 0 Å². The number of nitrogens with one attached hydrogen (secondary N) is 1. The van der Waals surface area contributed by atoms with Crippen LogP contribution in [0.2, 0.25) is 0 Å². The van der Waals surface area contributed by atoms with Crippen molar-refractivity contribution in [3.05, 3.63) is 23.4 Å². The Morgan fingerprint density at radius 2 is 1.94 bits per heavy atom. The second kappa shape index (κ2) is 6.26. The zero-order chi connectivity index (χ0) is 12.1. The van der Waals surface area contributed by atoms with Gasteiger partial charge in [-0.1, -0.05) is 20.8 Å². The quantitative estimate of drug-likeness (QED) is 0.798. The van der Waals surface area contributed by atoms with Crippen LogP contribution in [0.5, 0.6) is 0 Å². The summed E-state index contributed by atoms with van der Waals surface area (Å²) in [5.74, 6) is 0. The number of pyridine rings is 1. The van der Waals surface area contributed by atoms with Crippen LogP contribution in [-0.2, 0) is 0 Å². The van der Waals surface area contributed by atoms with E-state index in [9.17, 15) is 0 Å². The van der Waals surface area contributed by atoms with Crippen molar-refractivity contribution in [2.75, 3.05) is 6.54 Å². The Morgan fingerprint density at radius 3 is 2.50 bits per heavy atom. The molecule has 0 aromatic carbocycles. The third-order valence-electron chi connectivity index (χ3n) is 2.21. The summed E-state index contributed by atoms with van der Waals surface area (Å²) in [5.41, 5.74) is 2.39. The maximum absolute atomic E-state index is 4.54. The summed E-state index contributed by atoms with van der Waals surface area (Å²) >= 11 is 1.84. The number of hydrogen-bond donors (Lipinski definition) is 1. The number of hydrogen-bond acceptors (Lipinski definition) is 3. The molecule has 0 aliphatic carbocycles. The highest BCUT2D eigenvalue weighted by Crippen LogP contribution is 2.22. The first-order chi connectivity index (χ1) is 7.47. The standard InChI is InChI=1S/C13H22N2S/c1-9(2)14-8-12(5)16-13-7-10(3)6-11(4)15-13/h6-7,9,12,14H,8H2,1-5H3. The molecular weight excluding hydrogens is 216 g/mol. The summed E-state index contributed by atoms with van der Waals surface area (Å²) in [5, 5.41) is 5.13. The predicted octanol–water partition coefficient (Wildman–Crippen LogP) is 3.18. The van der Waals surface area contributed by atoms with Gasteiger partial charge < -0.3 is 5.32 Å². The molecule has 0 amide bonds. The van der Waals surface area contributed by atoms with Crippen LogP contribution in [0.3, 0.4) is 0 Å². The van der Waals surface area contributed by atoms with Gasteiger partial charge in [-0.2, -0.15) is 0 Å². The van der Waals surface area contributed by atoms with Gasteiger partial charge in [0.2, 0.25) is 0 Å². The van der Waals surface area contributed by atoms with Gasteiger partial charge in [-0.05, 0) is 31.5 Å². The molecule has 90 valence electrons. The summed E-state index contributed by atoms with van der Waals surface area (Å²) < 4.78 is 0. The third kappa shape index (κ3) is 4.99. The summed E-state index contributed by atoms with van der Waals surface area (Å²) in [6.07, 6.45) is 0. The predicted molar refractivity (Wildman–Crippen MR) is 72.2 cm³/mol. The number of aryl methyl sites for hydroxylation is 2. The van der Waals surface area contributed by atoms with Gasteiger partial charge in [-0.15, -0.1) is 11.8 Å². The lowest BCUT2D eigenvalue weighted by atomic mass is 10.3. The van der Waals surface area contributed by atoms with Gasteiger partial charge in [0.15, 0.2) is 0 Å². The van der Waals surface area contributed by atoms with E-state index in [2.05, 4.69) is 50.1 Å². The van der Waals surface area contributed by atoms with Crippen LogP contribution in [0, 0.1) is 13.8 Å². The molecule has 16 heavy (non-hydrogen) atoms. The molecule has 0 aliphatic heterocycles. The van der Waals surface area contributed by atoms with Crippen molar-refractivity contribution < 1.29 is 0 Å². The monoisotopic (exact) mass is 238 g/mol. The first-order valence-corrected chi connectivity index (χ1v) is 6.70. The van der Waals surface area contributed by atoms with Crippen molar-refractivity contribution in [1.29, 1.82) is 0 Å². The van der Waals surface area contributed by atoms with E-state index >= 15 is 0 Å². The molecule has 1 unspecified atom stereocenters. The van der Waals surface area contributed by atoms with E-state index < -0.39 is 0 Å². The van der Waals surface area contributed by atoms with Crippen LogP contribution in [-0.4, -0.2) is 22.8 Å². The molecule has 0 fully saturated rings. The van der Waals surface area contributed by atoms with Crippen LogP contribution in [0.4, 0.5) is 0 Å². The molecule has 0 radical (unpaired) electrons. The molecule has 0 saturated carbocycles. The Morgan fingerprint density at radius 1 is 1.25 bits per heavy atom. The zero-order valence-corrected chi connectivity index (χ0v) is 11.7. The summed E-state index contributed by atoms with van der Waals surface area (Å²) in [4.78, 5) is 4.54. The largest absolute Gasteiger partial charge is 0.313 e. The zero-order valence-electron chi connectivity index (χ0n) is 10.9. The Labute approximate surface area is 103 Å². The molecule has 1 aromatic heterocycles. The molecule has 1 aromatic rings. The Kier molecular flexibility index (Phi) is 5.29. The maximum atomic E-state index is 4.54. The van der Waals surface area contributed by atoms with E-state index in [0.717, 1.165) is 17.3 Å². The van der Waals surface area contributed by atoms with Gasteiger partial charge in [0, 0.05) is 23.5 Å². The molecule has 0 saturated heterocycles. The fourth-order valence-electron chi connectivity index (χ4n) is 1.51. The smallest absolute Gasteiger partial charge is 0.0968 e. The highest BCUT2D eigenvalue weighted by atomic mass is 32.2. The van der Waals surface area contributed by atoms with Crippen molar-refractivity contribution in [3.8, 4) is 0 Å². The van der Waals surface area contributed by atoms with Crippen molar-refractivity contribution in [2.24, 2.45) is 0 Å². The first-order valence-electron chi connectivity index (χ1n) is 5.82. The highest BCUT2D eigenvalue weighted by Gasteiger charge is 2.06. The number of rotatable bonds is 5. The van der Waals surface area contributed by atoms with Crippen LogP contribution in [0.1, 0.15) is 32.0 Å². The third-order valence-corrected chi connectivity index (χ3v) is 3.23. The van der Waals surface area contributed by atoms with Crippen molar-refractivity contribution in [1.82, 2.24) is 10.3 Å². The minimum absolute atomic E-state index is 0.551. The Balaban J connectivity index is 2.52. The normalized spacial score (nSPS) is 13.1. The van der Waals surface area contributed by atoms with Gasteiger partial charge in [-0.25, -0.2) is 4.98 Å². The lowest BCUT2D eigenvalue weighted by Crippen LogP contribution is -2.29. The Hall–Kier alpha value is -0.540. The SMILES string of the molecule is Cc1cc(C)nc(SC(C)CNC(C)C)c1. The number of aromatic nitrogens is 1. The van der Waals surface area contributed by atoms with Crippen LogP contribution < -0.4 is 5.32 Å². The van der Waals surface area contributed by atoms with Crippen molar-refractivity contribution >= 4 is 11.8 Å². The first kappa shape index (κ1) is 13.5. The minimum Gasteiger partial charge on any atom is -0.313 e. The van der Waals surface area contributed by atoms with Gasteiger partial charge in [0.25, 0.3) is 0 Å². The summed E-state index contributed by atoms with van der Waals surface area (Å²) in [6, 6.07) is 4.82. The van der Waals surface area contributed by atoms with Gasteiger partial charge in [-0.3, -0.25) is 0 Å². The average Bonchev–Trinajstić information content (AvgIpc) is 2.12. The van der Waals surface area contributed by atoms with E-state index in [-0.39, 0.29) is 0 Å². The van der Waals surface area contributed by atoms with Gasteiger partial charge in [0.05, 0.1) is 5.03 Å². The minimum atomic E-state index is 0.551. The second-order valence-corrected chi connectivity index (χ2v) is 6.07. The van der Waals surface area contributed by atoms with Gasteiger partial charge >= 0.3 is 0 Å². The molecule has 1 rings (SSSR count). The topological polar surface area (TPSA) is 24.9 Å². The van der Waals surface area contributed by atoms with E-state index in [0.29, 0.717) is 11.3 Å². The lowest BCUT2D eigenvalue weighted by molar-refractivity contribution is 0.589. The van der Waals surface area contributed by atoms with Gasteiger partial charge in [0.1, 0.15) is 0 Å². The average molecular weight is 238 g/mol. The lowest BCUT2D eigenvalue weighted by Gasteiger charge is -2.14. The molecule has 1 heterocycles. The van der Waals surface area contributed by atoms with Crippen molar-refractivity contribution in [3.63, 3.8) is 0 Å². The molecule has 0 bridgehead atoms. The molecule has 2 nitrogen and oxygen atoms in total. The van der Waals surface area contributed by atoms with Crippen LogP contribution in [0.15, 0.2) is 17.2 Å². The fourth-order valence-corrected chi connectivity index (χ4v) is 2.56. The molecule has 1 N–H and O–H groups in total. The Bertz CT molecular complexity index is 316. The van der Waals surface area contributed by atoms with E-state index in [4.69, 9.17) is 0 Å². The molecular formula is C13H22N2S. The van der Waals surface area contributed by atoms with Crippen LogP contribution >= 0.6 is 11.8 Å². The van der Waals surface area contributed by atoms with Crippen molar-refractivity contribution in [2.45, 2.75) is 50.9 Å². The molecule has 1 atom stereocenters. The maximum Gasteiger partial charge on any atom is 0.0968 e. The highest BCUT2D eigenvalue weighted by molar-refractivity contribution is 7.99. The molecule has 3 heteroatoms. The molecule has 0 aliphatic rings. The second-order valence-electron chi connectivity index (χ2n) is 4.62. The number of nitrogens with zero attached hydrogens (tertiary/aromatic N) is 1. The van der Waals surface area contributed by atoms with E-state index in [1.165, 1.54) is 5.56 Å². The molecule has 0 spiro atoms. The summed E-state index contributed by atoms with van der Waals surface area (Å²) in [6.45, 7) is 11.8. The fraction of sp³-hybridized carbons (Fsp3) is 0.615.